The van der Waals surface area contributed by atoms with Gasteiger partial charge in [0.25, 0.3) is 0 Å². The van der Waals surface area contributed by atoms with Crippen LogP contribution in [-0.2, 0) is 7.05 Å². The van der Waals surface area contributed by atoms with Crippen LogP contribution in [-0.4, -0.2) is 4.57 Å². The summed E-state index contributed by atoms with van der Waals surface area (Å²) in [5, 5.41) is 1.23. The molecule has 0 atom stereocenters. The number of hydrogen-bond acceptors (Lipinski definition) is 0. The van der Waals surface area contributed by atoms with Gasteiger partial charge in [-0.25, -0.2) is 0 Å². The highest BCUT2D eigenvalue weighted by Crippen LogP contribution is 2.21. The van der Waals surface area contributed by atoms with Gasteiger partial charge in [-0.05, 0) is 12.1 Å². The summed E-state index contributed by atoms with van der Waals surface area (Å²) in [6.07, 6.45) is 11.2. The molecular weight excluding hydrogens is 194 g/mol. The van der Waals surface area contributed by atoms with E-state index < -0.39 is 0 Å². The van der Waals surface area contributed by atoms with Gasteiger partial charge in [0.15, 0.2) is 0 Å². The van der Waals surface area contributed by atoms with Crippen molar-refractivity contribution in [1.82, 2.24) is 4.57 Å². The molecule has 0 N–H and O–H groups in total. The molecule has 1 nitrogen and oxygen atoms in total. The lowest BCUT2D eigenvalue weighted by Gasteiger charge is -1.93. The highest BCUT2D eigenvalue weighted by Gasteiger charge is 2.01. The van der Waals surface area contributed by atoms with Crippen molar-refractivity contribution in [1.29, 1.82) is 0 Å². The molecule has 0 radical (unpaired) electrons. The number of nitrogens with zero attached hydrogens (tertiary/aromatic N) is 1. The van der Waals surface area contributed by atoms with Crippen molar-refractivity contribution < 1.29 is 0 Å². The summed E-state index contributed by atoms with van der Waals surface area (Å²) in [7, 11) is 2.04. The van der Waals surface area contributed by atoms with Crippen LogP contribution in [0.4, 0.5) is 0 Å². The zero-order valence-electron chi connectivity index (χ0n) is 9.27. The first kappa shape index (κ1) is 10.3. The molecule has 0 saturated carbocycles. The SMILES string of the molecule is C#CC(=C)/C=C\c1cn(C)c2ccccc12. The molecule has 1 aromatic heterocycles. The Labute approximate surface area is 95.7 Å². The standard InChI is InChI=1S/C15H13N/c1-4-12(2)9-10-13-11-16(3)15-8-6-5-7-14(13)15/h1,5-11H,2H2,3H3/b10-9-. The minimum atomic E-state index is 0.688. The van der Waals surface area contributed by atoms with E-state index in [2.05, 4.69) is 35.4 Å². The highest BCUT2D eigenvalue weighted by atomic mass is 14.9. The van der Waals surface area contributed by atoms with Crippen LogP contribution in [0, 0.1) is 12.3 Å². The molecular formula is C15H13N. The molecule has 0 fully saturated rings. The van der Waals surface area contributed by atoms with Crippen molar-refractivity contribution in [3.05, 3.63) is 54.3 Å². The molecule has 0 aliphatic heterocycles. The Morgan fingerprint density at radius 2 is 2.19 bits per heavy atom. The van der Waals surface area contributed by atoms with E-state index in [1.54, 1.807) is 0 Å². The third-order valence-corrected chi connectivity index (χ3v) is 2.58. The first-order valence-corrected chi connectivity index (χ1v) is 5.10. The number of aromatic nitrogens is 1. The van der Waals surface area contributed by atoms with Crippen LogP contribution in [0.15, 0.2) is 48.7 Å². The second-order valence-corrected chi connectivity index (χ2v) is 3.72. The summed E-state index contributed by atoms with van der Waals surface area (Å²) in [6.45, 7) is 3.75. The normalized spacial score (nSPS) is 10.8. The van der Waals surface area contributed by atoms with E-state index in [1.165, 1.54) is 10.9 Å². The second kappa shape index (κ2) is 4.12. The molecule has 2 aromatic rings. The fourth-order valence-corrected chi connectivity index (χ4v) is 1.74. The molecule has 1 heteroatoms. The number of benzene rings is 1. The number of aryl methyl sites for hydroxylation is 1. The average molecular weight is 207 g/mol. The fraction of sp³-hybridized carbons (Fsp3) is 0.0667. The molecule has 0 aliphatic carbocycles. The third-order valence-electron chi connectivity index (χ3n) is 2.58. The van der Waals surface area contributed by atoms with E-state index in [4.69, 9.17) is 6.42 Å². The predicted octanol–water partition coefficient (Wildman–Crippen LogP) is 3.38. The average Bonchev–Trinajstić information content (AvgIpc) is 2.64. The van der Waals surface area contributed by atoms with Crippen LogP contribution in [0.25, 0.3) is 17.0 Å². The maximum Gasteiger partial charge on any atom is 0.0483 e. The maximum absolute atomic E-state index is 5.25. The fourth-order valence-electron chi connectivity index (χ4n) is 1.74. The molecule has 0 amide bonds. The number of allylic oxidation sites excluding steroid dienone is 2. The lowest BCUT2D eigenvalue weighted by Crippen LogP contribution is -1.81. The third kappa shape index (κ3) is 1.78. The van der Waals surface area contributed by atoms with Gasteiger partial charge < -0.3 is 4.57 Å². The predicted molar refractivity (Wildman–Crippen MR) is 69.9 cm³/mol. The van der Waals surface area contributed by atoms with Gasteiger partial charge in [0.1, 0.15) is 0 Å². The van der Waals surface area contributed by atoms with Crippen LogP contribution >= 0.6 is 0 Å². The monoisotopic (exact) mass is 207 g/mol. The Balaban J connectivity index is 2.51. The van der Waals surface area contributed by atoms with Gasteiger partial charge in [0.05, 0.1) is 0 Å². The van der Waals surface area contributed by atoms with Gasteiger partial charge in [-0.2, -0.15) is 0 Å². The minimum Gasteiger partial charge on any atom is -0.350 e. The molecule has 0 bridgehead atoms. The van der Waals surface area contributed by atoms with Crippen molar-refractivity contribution in [3.8, 4) is 12.3 Å². The quantitative estimate of drug-likeness (QED) is 0.525. The van der Waals surface area contributed by atoms with Gasteiger partial charge in [0, 0.05) is 35.3 Å². The summed E-state index contributed by atoms with van der Waals surface area (Å²) in [6, 6.07) is 8.28. The first-order chi connectivity index (χ1) is 7.72. The number of hydrogen-bond donors (Lipinski definition) is 0. The molecule has 2 rings (SSSR count). The zero-order chi connectivity index (χ0) is 11.5. The zero-order valence-corrected chi connectivity index (χ0v) is 9.27. The number of rotatable bonds is 2. The first-order valence-electron chi connectivity index (χ1n) is 5.10. The van der Waals surface area contributed by atoms with E-state index in [1.807, 2.05) is 31.3 Å². The van der Waals surface area contributed by atoms with Crippen molar-refractivity contribution in [2.75, 3.05) is 0 Å². The van der Waals surface area contributed by atoms with E-state index >= 15 is 0 Å². The summed E-state index contributed by atoms with van der Waals surface area (Å²) in [5.74, 6) is 2.50. The lowest BCUT2D eigenvalue weighted by atomic mass is 10.1. The second-order valence-electron chi connectivity index (χ2n) is 3.72. The van der Waals surface area contributed by atoms with Crippen molar-refractivity contribution in [3.63, 3.8) is 0 Å². The van der Waals surface area contributed by atoms with Crippen molar-refractivity contribution in [2.45, 2.75) is 0 Å². The topological polar surface area (TPSA) is 4.93 Å². The molecule has 0 aliphatic rings. The van der Waals surface area contributed by atoms with Gasteiger partial charge in [-0.3, -0.25) is 0 Å². The number of terminal acetylenes is 1. The van der Waals surface area contributed by atoms with Crippen LogP contribution < -0.4 is 0 Å². The summed E-state index contributed by atoms with van der Waals surface area (Å²) in [4.78, 5) is 0. The Morgan fingerprint density at radius 1 is 1.44 bits per heavy atom. The Hall–Kier alpha value is -2.20. The molecule has 16 heavy (non-hydrogen) atoms. The Morgan fingerprint density at radius 3 is 2.94 bits per heavy atom. The molecule has 0 spiro atoms. The van der Waals surface area contributed by atoms with Crippen molar-refractivity contribution >= 4 is 17.0 Å². The lowest BCUT2D eigenvalue weighted by molar-refractivity contribution is 0.968. The van der Waals surface area contributed by atoms with E-state index in [0.717, 1.165) is 5.56 Å². The molecule has 1 heterocycles. The van der Waals surface area contributed by atoms with Crippen LogP contribution in [0.3, 0.4) is 0 Å². The number of fused-ring (bicyclic) bond motifs is 1. The van der Waals surface area contributed by atoms with Crippen LogP contribution in [0.2, 0.25) is 0 Å². The van der Waals surface area contributed by atoms with Crippen molar-refractivity contribution in [2.24, 2.45) is 7.05 Å². The summed E-state index contributed by atoms with van der Waals surface area (Å²) < 4.78 is 2.10. The smallest absolute Gasteiger partial charge is 0.0483 e. The van der Waals surface area contributed by atoms with Crippen LogP contribution in [0.5, 0.6) is 0 Å². The summed E-state index contributed by atoms with van der Waals surface area (Å²) >= 11 is 0. The molecule has 0 unspecified atom stereocenters. The van der Waals surface area contributed by atoms with Gasteiger partial charge in [0.2, 0.25) is 0 Å². The van der Waals surface area contributed by atoms with E-state index in [-0.39, 0.29) is 0 Å². The van der Waals surface area contributed by atoms with Crippen LogP contribution in [0.1, 0.15) is 5.56 Å². The van der Waals surface area contributed by atoms with Gasteiger partial charge >= 0.3 is 0 Å². The largest absolute Gasteiger partial charge is 0.350 e. The molecule has 1 aromatic carbocycles. The maximum atomic E-state index is 5.25. The Kier molecular flexibility index (Phi) is 2.66. The molecule has 78 valence electrons. The number of para-hydroxylation sites is 1. The van der Waals surface area contributed by atoms with Gasteiger partial charge in [-0.15, -0.1) is 6.42 Å². The highest BCUT2D eigenvalue weighted by molar-refractivity contribution is 5.89. The molecule has 0 saturated heterocycles. The minimum absolute atomic E-state index is 0.688. The van der Waals surface area contributed by atoms with E-state index in [0.29, 0.717) is 5.57 Å². The summed E-state index contributed by atoms with van der Waals surface area (Å²) in [5.41, 5.74) is 3.07. The van der Waals surface area contributed by atoms with E-state index in [9.17, 15) is 0 Å². The van der Waals surface area contributed by atoms with Gasteiger partial charge in [-0.1, -0.05) is 36.8 Å². The Bertz CT molecular complexity index is 606.